The van der Waals surface area contributed by atoms with Crippen molar-refractivity contribution in [2.24, 2.45) is 5.10 Å². The Kier molecular flexibility index (Phi) is 5.15. The lowest BCUT2D eigenvalue weighted by Crippen LogP contribution is -2.11. The predicted molar refractivity (Wildman–Crippen MR) is 80.4 cm³/mol. The molecule has 2 aromatic rings. The summed E-state index contributed by atoms with van der Waals surface area (Å²) < 4.78 is 5.81. The van der Waals surface area contributed by atoms with Gasteiger partial charge in [-0.2, -0.15) is 5.10 Å². The molecule has 0 aliphatic carbocycles. The molecule has 20 heavy (non-hydrogen) atoms. The molecule has 0 heterocycles. The van der Waals surface area contributed by atoms with Gasteiger partial charge in [0.2, 0.25) is 0 Å². The predicted octanol–water partition coefficient (Wildman–Crippen LogP) is 2.70. The highest BCUT2D eigenvalue weighted by molar-refractivity contribution is 5.79. The number of para-hydroxylation sites is 1. The highest BCUT2D eigenvalue weighted by atomic mass is 16.5. The monoisotopic (exact) mass is 270 g/mol. The molecule has 0 aliphatic rings. The highest BCUT2D eigenvalue weighted by Gasteiger charge is 1.99. The van der Waals surface area contributed by atoms with Gasteiger partial charge in [0, 0.05) is 0 Å². The third kappa shape index (κ3) is 4.10. The Morgan fingerprint density at radius 2 is 1.90 bits per heavy atom. The summed E-state index contributed by atoms with van der Waals surface area (Å²) in [5.74, 6) is 1.65. The zero-order chi connectivity index (χ0) is 14.2. The minimum absolute atomic E-state index is 0.0700. The molecule has 4 nitrogen and oxygen atoms in total. The molecule has 0 saturated carbocycles. The van der Waals surface area contributed by atoms with E-state index in [2.05, 4.69) is 10.5 Å². The number of rotatable bonds is 6. The Hall–Kier alpha value is -2.33. The minimum atomic E-state index is 0.0700. The second kappa shape index (κ2) is 7.31. The molecular weight excluding hydrogens is 252 g/mol. The van der Waals surface area contributed by atoms with Gasteiger partial charge in [-0.3, -0.25) is 0 Å². The Morgan fingerprint density at radius 1 is 1.15 bits per heavy atom. The van der Waals surface area contributed by atoms with Gasteiger partial charge < -0.3 is 15.3 Å². The van der Waals surface area contributed by atoms with Gasteiger partial charge in [0.05, 0.1) is 19.4 Å². The molecule has 0 fully saturated rings. The van der Waals surface area contributed by atoms with E-state index < -0.39 is 0 Å². The second-order valence-electron chi connectivity index (χ2n) is 4.33. The average molecular weight is 270 g/mol. The van der Waals surface area contributed by atoms with Gasteiger partial charge in [0.1, 0.15) is 11.5 Å². The van der Waals surface area contributed by atoms with Gasteiger partial charge in [-0.1, -0.05) is 18.2 Å². The molecule has 104 valence electrons. The maximum absolute atomic E-state index is 8.61. The number of hydrazone groups is 1. The third-order valence-corrected chi connectivity index (χ3v) is 2.73. The minimum Gasteiger partial charge on any atom is -0.457 e. The van der Waals surface area contributed by atoms with E-state index in [0.717, 1.165) is 22.6 Å². The summed E-state index contributed by atoms with van der Waals surface area (Å²) in [6.07, 6.45) is 1.70. The fraction of sp³-hybridized carbons (Fsp3) is 0.188. The maximum atomic E-state index is 8.61. The topological polar surface area (TPSA) is 53.8 Å². The van der Waals surface area contributed by atoms with Crippen molar-refractivity contribution < 1.29 is 9.84 Å². The molecule has 2 aromatic carbocycles. The van der Waals surface area contributed by atoms with E-state index in [4.69, 9.17) is 9.84 Å². The summed E-state index contributed by atoms with van der Waals surface area (Å²) in [4.78, 5) is 0. The standard InChI is InChI=1S/C16H18N2O2/c1-13-4-2-3-5-16(13)20-15-8-6-14(7-9-15)12-18-17-10-11-19/h2-9,12,17,19H,10-11H2,1H3. The summed E-state index contributed by atoms with van der Waals surface area (Å²) >= 11 is 0. The van der Waals surface area contributed by atoms with Gasteiger partial charge in [-0.05, 0) is 48.4 Å². The number of aryl methyl sites for hydroxylation is 1. The normalized spacial score (nSPS) is 10.7. The molecule has 0 unspecified atom stereocenters. The Balaban J connectivity index is 1.98. The Labute approximate surface area is 118 Å². The average Bonchev–Trinajstić information content (AvgIpc) is 2.48. The van der Waals surface area contributed by atoms with Gasteiger partial charge in [0.15, 0.2) is 0 Å². The van der Waals surface area contributed by atoms with Crippen molar-refractivity contribution in [3.63, 3.8) is 0 Å². The van der Waals surface area contributed by atoms with E-state index >= 15 is 0 Å². The lowest BCUT2D eigenvalue weighted by Gasteiger charge is -2.08. The number of aliphatic hydroxyl groups excluding tert-OH is 1. The first-order valence-corrected chi connectivity index (χ1v) is 6.50. The quantitative estimate of drug-likeness (QED) is 0.482. The van der Waals surface area contributed by atoms with Crippen LogP contribution in [0.5, 0.6) is 11.5 Å². The zero-order valence-electron chi connectivity index (χ0n) is 11.4. The third-order valence-electron chi connectivity index (χ3n) is 2.73. The Morgan fingerprint density at radius 3 is 2.60 bits per heavy atom. The fourth-order valence-corrected chi connectivity index (χ4v) is 1.65. The molecule has 2 N–H and O–H groups in total. The van der Waals surface area contributed by atoms with Crippen LogP contribution in [0.4, 0.5) is 0 Å². The molecule has 0 amide bonds. The zero-order valence-corrected chi connectivity index (χ0v) is 11.4. The number of nitrogens with one attached hydrogen (secondary N) is 1. The van der Waals surface area contributed by atoms with E-state index in [1.807, 2.05) is 55.5 Å². The van der Waals surface area contributed by atoms with Crippen LogP contribution in [-0.4, -0.2) is 24.5 Å². The highest BCUT2D eigenvalue weighted by Crippen LogP contribution is 2.24. The van der Waals surface area contributed by atoms with Crippen molar-refractivity contribution in [3.8, 4) is 11.5 Å². The molecule has 0 radical (unpaired) electrons. The largest absolute Gasteiger partial charge is 0.457 e. The Bertz CT molecular complexity index is 565. The van der Waals surface area contributed by atoms with E-state index in [9.17, 15) is 0 Å². The van der Waals surface area contributed by atoms with Crippen LogP contribution < -0.4 is 10.2 Å². The molecule has 0 aliphatic heterocycles. The van der Waals surface area contributed by atoms with Crippen molar-refractivity contribution >= 4 is 6.21 Å². The second-order valence-corrected chi connectivity index (χ2v) is 4.33. The number of hydrogen-bond donors (Lipinski definition) is 2. The number of hydrogen-bond acceptors (Lipinski definition) is 4. The van der Waals surface area contributed by atoms with Crippen molar-refractivity contribution in [2.45, 2.75) is 6.92 Å². The van der Waals surface area contributed by atoms with Crippen LogP contribution in [0, 0.1) is 6.92 Å². The van der Waals surface area contributed by atoms with Crippen molar-refractivity contribution in [3.05, 3.63) is 59.7 Å². The van der Waals surface area contributed by atoms with Crippen LogP contribution in [-0.2, 0) is 0 Å². The number of ether oxygens (including phenoxy) is 1. The van der Waals surface area contributed by atoms with Gasteiger partial charge in [-0.15, -0.1) is 0 Å². The number of nitrogens with zero attached hydrogens (tertiary/aromatic N) is 1. The first kappa shape index (κ1) is 14.1. The number of aliphatic hydroxyl groups is 1. The first-order chi connectivity index (χ1) is 9.79. The van der Waals surface area contributed by atoms with Crippen LogP contribution in [0.1, 0.15) is 11.1 Å². The summed E-state index contributed by atoms with van der Waals surface area (Å²) in [5.41, 5.74) is 4.80. The van der Waals surface area contributed by atoms with Gasteiger partial charge in [0.25, 0.3) is 0 Å². The first-order valence-electron chi connectivity index (χ1n) is 6.50. The maximum Gasteiger partial charge on any atom is 0.130 e. The summed E-state index contributed by atoms with van der Waals surface area (Å²) in [7, 11) is 0. The molecule has 0 saturated heterocycles. The summed E-state index contributed by atoms with van der Waals surface area (Å²) in [5, 5.41) is 12.6. The number of benzene rings is 2. The van der Waals surface area contributed by atoms with Crippen molar-refractivity contribution in [1.29, 1.82) is 0 Å². The van der Waals surface area contributed by atoms with Crippen molar-refractivity contribution in [1.82, 2.24) is 5.43 Å². The van der Waals surface area contributed by atoms with Crippen LogP contribution >= 0.6 is 0 Å². The van der Waals surface area contributed by atoms with Crippen LogP contribution in [0.25, 0.3) is 0 Å². The molecule has 0 bridgehead atoms. The lowest BCUT2D eigenvalue weighted by atomic mass is 10.2. The molecule has 2 rings (SSSR count). The lowest BCUT2D eigenvalue weighted by molar-refractivity contribution is 0.294. The summed E-state index contributed by atoms with van der Waals surface area (Å²) in [6, 6.07) is 15.6. The molecule has 0 aromatic heterocycles. The molecule has 0 atom stereocenters. The van der Waals surface area contributed by atoms with Crippen LogP contribution in [0.3, 0.4) is 0 Å². The van der Waals surface area contributed by atoms with Crippen molar-refractivity contribution in [2.75, 3.05) is 13.2 Å². The fourth-order valence-electron chi connectivity index (χ4n) is 1.65. The van der Waals surface area contributed by atoms with Gasteiger partial charge in [-0.25, -0.2) is 0 Å². The van der Waals surface area contributed by atoms with Crippen LogP contribution in [0.15, 0.2) is 53.6 Å². The molecular formula is C16H18N2O2. The van der Waals surface area contributed by atoms with Gasteiger partial charge >= 0.3 is 0 Å². The van der Waals surface area contributed by atoms with E-state index in [1.54, 1.807) is 6.21 Å². The molecule has 0 spiro atoms. The van der Waals surface area contributed by atoms with E-state index in [0.29, 0.717) is 6.54 Å². The van der Waals surface area contributed by atoms with Crippen LogP contribution in [0.2, 0.25) is 0 Å². The summed E-state index contributed by atoms with van der Waals surface area (Å²) in [6.45, 7) is 2.54. The van der Waals surface area contributed by atoms with E-state index in [1.165, 1.54) is 0 Å². The molecule has 4 heteroatoms. The smallest absolute Gasteiger partial charge is 0.130 e. The van der Waals surface area contributed by atoms with E-state index in [-0.39, 0.29) is 6.61 Å². The SMILES string of the molecule is Cc1ccccc1Oc1ccc(C=NNCCO)cc1.